The van der Waals surface area contributed by atoms with E-state index in [-0.39, 0.29) is 0 Å². The molecule has 0 aliphatic heterocycles. The standard InChI is InChI=1S/C14H12N2OS/c17-10-11-6-8-13(9-7-11)16-14(18)15-12-4-2-1-3-5-12/h1-10H,(H2,15,16,18). The quantitative estimate of drug-likeness (QED) is 0.653. The summed E-state index contributed by atoms with van der Waals surface area (Å²) in [5.41, 5.74) is 2.41. The predicted molar refractivity (Wildman–Crippen MR) is 78.1 cm³/mol. The van der Waals surface area contributed by atoms with Crippen LogP contribution in [0.25, 0.3) is 0 Å². The first-order chi connectivity index (χ1) is 8.78. The Labute approximate surface area is 111 Å². The largest absolute Gasteiger partial charge is 0.332 e. The molecule has 0 bridgehead atoms. The lowest BCUT2D eigenvalue weighted by Crippen LogP contribution is -2.18. The summed E-state index contributed by atoms with van der Waals surface area (Å²) >= 11 is 5.19. The second-order valence-corrected chi connectivity index (χ2v) is 4.09. The molecule has 0 spiro atoms. The lowest BCUT2D eigenvalue weighted by atomic mass is 10.2. The Morgan fingerprint density at radius 2 is 1.44 bits per heavy atom. The van der Waals surface area contributed by atoms with Crippen molar-refractivity contribution in [2.45, 2.75) is 0 Å². The highest BCUT2D eigenvalue weighted by Crippen LogP contribution is 2.10. The molecule has 90 valence electrons. The number of thiocarbonyl (C=S) groups is 1. The third kappa shape index (κ3) is 3.40. The van der Waals surface area contributed by atoms with Crippen LogP contribution in [0.3, 0.4) is 0 Å². The molecule has 2 aromatic carbocycles. The van der Waals surface area contributed by atoms with Crippen molar-refractivity contribution in [3.8, 4) is 0 Å². The van der Waals surface area contributed by atoms with Gasteiger partial charge in [-0.1, -0.05) is 18.2 Å². The first-order valence-electron chi connectivity index (χ1n) is 5.46. The number of hydrogen-bond acceptors (Lipinski definition) is 2. The van der Waals surface area contributed by atoms with Gasteiger partial charge in [0.05, 0.1) is 0 Å². The maximum Gasteiger partial charge on any atom is 0.175 e. The van der Waals surface area contributed by atoms with Crippen LogP contribution < -0.4 is 10.6 Å². The molecular weight excluding hydrogens is 244 g/mol. The molecule has 0 saturated carbocycles. The highest BCUT2D eigenvalue weighted by atomic mass is 32.1. The van der Waals surface area contributed by atoms with Gasteiger partial charge in [-0.15, -0.1) is 0 Å². The maximum atomic E-state index is 10.5. The van der Waals surface area contributed by atoms with Crippen LogP contribution in [-0.4, -0.2) is 11.4 Å². The summed E-state index contributed by atoms with van der Waals surface area (Å²) in [6.07, 6.45) is 0.810. The lowest BCUT2D eigenvalue weighted by Gasteiger charge is -2.10. The van der Waals surface area contributed by atoms with Crippen LogP contribution >= 0.6 is 12.2 Å². The van der Waals surface area contributed by atoms with Crippen molar-refractivity contribution >= 4 is 35.0 Å². The molecule has 0 aliphatic rings. The van der Waals surface area contributed by atoms with Crippen LogP contribution in [0.1, 0.15) is 10.4 Å². The van der Waals surface area contributed by atoms with E-state index in [9.17, 15) is 4.79 Å². The van der Waals surface area contributed by atoms with Gasteiger partial charge in [0.15, 0.2) is 5.11 Å². The maximum absolute atomic E-state index is 10.5. The van der Waals surface area contributed by atoms with Crippen LogP contribution in [0.4, 0.5) is 11.4 Å². The molecule has 0 atom stereocenters. The third-order valence-corrected chi connectivity index (χ3v) is 2.54. The van der Waals surface area contributed by atoms with Crippen molar-refractivity contribution in [2.24, 2.45) is 0 Å². The summed E-state index contributed by atoms with van der Waals surface area (Å²) in [5.74, 6) is 0. The zero-order valence-corrected chi connectivity index (χ0v) is 10.4. The monoisotopic (exact) mass is 256 g/mol. The fraction of sp³-hybridized carbons (Fsp3) is 0. The van der Waals surface area contributed by atoms with E-state index in [1.54, 1.807) is 12.1 Å². The molecule has 2 N–H and O–H groups in total. The Bertz CT molecular complexity index is 537. The van der Waals surface area contributed by atoms with Crippen molar-refractivity contribution in [3.63, 3.8) is 0 Å². The van der Waals surface area contributed by atoms with E-state index in [2.05, 4.69) is 10.6 Å². The van der Waals surface area contributed by atoms with Crippen LogP contribution in [0.5, 0.6) is 0 Å². The average molecular weight is 256 g/mol. The SMILES string of the molecule is O=Cc1ccc(NC(=S)Nc2ccccc2)cc1. The van der Waals surface area contributed by atoms with E-state index in [4.69, 9.17) is 12.2 Å². The van der Waals surface area contributed by atoms with E-state index in [1.807, 2.05) is 42.5 Å². The van der Waals surface area contributed by atoms with Crippen molar-refractivity contribution in [3.05, 3.63) is 60.2 Å². The highest BCUT2D eigenvalue weighted by Gasteiger charge is 1.98. The van der Waals surface area contributed by atoms with Crippen LogP contribution in [-0.2, 0) is 0 Å². The molecule has 4 heteroatoms. The molecule has 0 heterocycles. The van der Waals surface area contributed by atoms with Gasteiger partial charge in [-0.25, -0.2) is 0 Å². The zero-order chi connectivity index (χ0) is 12.8. The number of carbonyl (C=O) groups is 1. The van der Waals surface area contributed by atoms with Gasteiger partial charge in [0.1, 0.15) is 6.29 Å². The molecule has 0 amide bonds. The fourth-order valence-corrected chi connectivity index (χ4v) is 1.70. The third-order valence-electron chi connectivity index (χ3n) is 2.34. The molecule has 0 aromatic heterocycles. The summed E-state index contributed by atoms with van der Waals surface area (Å²) in [7, 11) is 0. The molecule has 0 saturated heterocycles. The topological polar surface area (TPSA) is 41.1 Å². The van der Waals surface area contributed by atoms with Crippen molar-refractivity contribution in [1.82, 2.24) is 0 Å². The Hall–Kier alpha value is -2.20. The second-order valence-electron chi connectivity index (χ2n) is 3.69. The highest BCUT2D eigenvalue weighted by molar-refractivity contribution is 7.80. The molecule has 0 aliphatic carbocycles. The van der Waals surface area contributed by atoms with Gasteiger partial charge in [0, 0.05) is 16.9 Å². The predicted octanol–water partition coefficient (Wildman–Crippen LogP) is 3.31. The summed E-state index contributed by atoms with van der Waals surface area (Å²) < 4.78 is 0. The van der Waals surface area contributed by atoms with Gasteiger partial charge in [0.25, 0.3) is 0 Å². The number of carbonyl (C=O) groups excluding carboxylic acids is 1. The van der Waals surface area contributed by atoms with E-state index in [0.717, 1.165) is 17.7 Å². The van der Waals surface area contributed by atoms with Crippen LogP contribution in [0.15, 0.2) is 54.6 Å². The number of nitrogens with one attached hydrogen (secondary N) is 2. The van der Waals surface area contributed by atoms with Gasteiger partial charge >= 0.3 is 0 Å². The zero-order valence-electron chi connectivity index (χ0n) is 9.59. The van der Waals surface area contributed by atoms with Gasteiger partial charge in [0.2, 0.25) is 0 Å². The first kappa shape index (κ1) is 12.3. The summed E-state index contributed by atoms with van der Waals surface area (Å²) in [4.78, 5) is 10.5. The Balaban J connectivity index is 1.96. The molecule has 2 aromatic rings. The number of hydrogen-bond donors (Lipinski definition) is 2. The minimum atomic E-state index is 0.514. The van der Waals surface area contributed by atoms with Crippen LogP contribution in [0, 0.1) is 0 Å². The Morgan fingerprint density at radius 1 is 0.889 bits per heavy atom. The summed E-state index contributed by atoms with van der Waals surface area (Å²) in [5, 5.41) is 6.63. The minimum Gasteiger partial charge on any atom is -0.332 e. The van der Waals surface area contributed by atoms with Crippen molar-refractivity contribution < 1.29 is 4.79 Å². The number of rotatable bonds is 3. The number of para-hydroxylation sites is 1. The van der Waals surface area contributed by atoms with Gasteiger partial charge in [-0.05, 0) is 48.6 Å². The molecule has 0 fully saturated rings. The van der Waals surface area contributed by atoms with E-state index in [0.29, 0.717) is 10.7 Å². The number of benzene rings is 2. The van der Waals surface area contributed by atoms with Crippen LogP contribution in [0.2, 0.25) is 0 Å². The van der Waals surface area contributed by atoms with Gasteiger partial charge in [-0.2, -0.15) is 0 Å². The summed E-state index contributed by atoms with van der Waals surface area (Å²) in [6.45, 7) is 0. The van der Waals surface area contributed by atoms with E-state index < -0.39 is 0 Å². The minimum absolute atomic E-state index is 0.514. The molecule has 3 nitrogen and oxygen atoms in total. The van der Waals surface area contributed by atoms with E-state index >= 15 is 0 Å². The molecular formula is C14H12N2OS. The molecule has 2 rings (SSSR count). The van der Waals surface area contributed by atoms with Gasteiger partial charge < -0.3 is 10.6 Å². The Morgan fingerprint density at radius 3 is 2.00 bits per heavy atom. The molecule has 18 heavy (non-hydrogen) atoms. The first-order valence-corrected chi connectivity index (χ1v) is 5.87. The van der Waals surface area contributed by atoms with Crippen molar-refractivity contribution in [2.75, 3.05) is 10.6 Å². The Kier molecular flexibility index (Phi) is 4.04. The smallest absolute Gasteiger partial charge is 0.175 e. The normalized spacial score (nSPS) is 9.56. The van der Waals surface area contributed by atoms with Gasteiger partial charge in [-0.3, -0.25) is 4.79 Å². The second kappa shape index (κ2) is 5.93. The number of anilines is 2. The number of aldehydes is 1. The average Bonchev–Trinajstić information content (AvgIpc) is 2.40. The summed E-state index contributed by atoms with van der Waals surface area (Å²) in [6, 6.07) is 16.8. The lowest BCUT2D eigenvalue weighted by molar-refractivity contribution is 0.112. The molecule has 0 radical (unpaired) electrons. The molecule has 0 unspecified atom stereocenters. The van der Waals surface area contributed by atoms with Crippen molar-refractivity contribution in [1.29, 1.82) is 0 Å². The fourth-order valence-electron chi connectivity index (χ4n) is 1.46. The van der Waals surface area contributed by atoms with E-state index in [1.165, 1.54) is 0 Å².